The van der Waals surface area contributed by atoms with Crippen molar-refractivity contribution < 1.29 is 22.9 Å². The molecular weight excluding hydrogens is 549 g/mol. The molecule has 1 aromatic heterocycles. The van der Waals surface area contributed by atoms with Crippen molar-refractivity contribution in [1.82, 2.24) is 9.78 Å². The molecule has 7 nitrogen and oxygen atoms in total. The summed E-state index contributed by atoms with van der Waals surface area (Å²) in [5, 5.41) is 17.8. The number of nitrogens with one attached hydrogen (secondary N) is 1. The molecule has 0 saturated heterocycles. The van der Waals surface area contributed by atoms with Crippen LogP contribution in [0.4, 0.5) is 24.5 Å². The number of carbonyl (C=O) groups is 1. The van der Waals surface area contributed by atoms with Gasteiger partial charge in [0.2, 0.25) is 5.91 Å². The Hall–Kier alpha value is -2.86. The van der Waals surface area contributed by atoms with Gasteiger partial charge in [-0.25, -0.2) is 0 Å². The molecule has 1 N–H and O–H groups in total. The minimum Gasteiger partial charge on any atom is -0.324 e. The molecule has 0 bridgehead atoms. The number of nitro groups is 1. The highest BCUT2D eigenvalue weighted by molar-refractivity contribution is 9.10. The summed E-state index contributed by atoms with van der Waals surface area (Å²) in [4.78, 5) is 25.3. The first-order chi connectivity index (χ1) is 16.4. The van der Waals surface area contributed by atoms with Gasteiger partial charge in [-0.15, -0.1) is 0 Å². The lowest BCUT2D eigenvalue weighted by Crippen LogP contribution is -2.26. The van der Waals surface area contributed by atoms with Crippen LogP contribution >= 0.6 is 27.7 Å². The number of non-ortho nitro benzene ring substituents is 1. The Balaban J connectivity index is 1.61. The van der Waals surface area contributed by atoms with Gasteiger partial charge in [0.25, 0.3) is 5.69 Å². The van der Waals surface area contributed by atoms with Crippen LogP contribution in [0.25, 0.3) is 0 Å². The largest absolute Gasteiger partial charge is 0.436 e. The van der Waals surface area contributed by atoms with E-state index in [4.69, 9.17) is 0 Å². The van der Waals surface area contributed by atoms with Gasteiger partial charge in [-0.2, -0.15) is 18.3 Å². The second-order valence-corrected chi connectivity index (χ2v) is 10.3. The van der Waals surface area contributed by atoms with Crippen LogP contribution in [0.3, 0.4) is 0 Å². The zero-order valence-electron chi connectivity index (χ0n) is 18.6. The lowest BCUT2D eigenvalue weighted by molar-refractivity contribution is -0.385. The zero-order valence-corrected chi connectivity index (χ0v) is 21.0. The minimum absolute atomic E-state index is 0.112. The number of nitro benzene ring substituents is 1. The highest BCUT2D eigenvalue weighted by Gasteiger charge is 2.43. The molecule has 1 aliphatic carbocycles. The molecule has 1 aliphatic rings. The molecule has 12 heteroatoms. The van der Waals surface area contributed by atoms with Crippen LogP contribution in [0.1, 0.15) is 48.7 Å². The van der Waals surface area contributed by atoms with Crippen LogP contribution in [-0.4, -0.2) is 20.6 Å². The monoisotopic (exact) mass is 568 g/mol. The molecule has 35 heavy (non-hydrogen) atoms. The van der Waals surface area contributed by atoms with Gasteiger partial charge in [0.05, 0.1) is 15.1 Å². The third-order valence-electron chi connectivity index (χ3n) is 5.49. The van der Waals surface area contributed by atoms with Crippen LogP contribution in [-0.2, 0) is 11.0 Å². The number of hydrogen-bond donors (Lipinski definition) is 1. The number of aryl methyl sites for hydroxylation is 1. The number of anilines is 1. The van der Waals surface area contributed by atoms with E-state index < -0.39 is 28.7 Å². The van der Waals surface area contributed by atoms with Crippen molar-refractivity contribution in [2.24, 2.45) is 0 Å². The Labute approximate surface area is 211 Å². The first-order valence-electron chi connectivity index (χ1n) is 10.6. The summed E-state index contributed by atoms with van der Waals surface area (Å²) in [6, 6.07) is 10.7. The maximum absolute atomic E-state index is 13.4. The lowest BCUT2D eigenvalue weighted by atomic mass is 10.2. The van der Waals surface area contributed by atoms with Crippen molar-refractivity contribution in [1.29, 1.82) is 0 Å². The Morgan fingerprint density at radius 2 is 1.89 bits per heavy atom. The number of rotatable bonds is 7. The smallest absolute Gasteiger partial charge is 0.324 e. The third-order valence-corrected chi connectivity index (χ3v) is 7.25. The number of amides is 1. The van der Waals surface area contributed by atoms with Crippen LogP contribution in [0, 0.1) is 17.0 Å². The standard InChI is InChI=1S/C23H20BrF3N4O3S/c1-12-3-7-17(8-4-12)35-18-10-15(9-16(11-18)31(33)34)28-22(32)13(2)30-20(14-5-6-14)19(24)21(29-30)23(25,26)27/h3-4,7-11,13-14H,5-6H2,1-2H3,(H,28,32). The van der Waals surface area contributed by atoms with Gasteiger partial charge < -0.3 is 5.32 Å². The maximum Gasteiger partial charge on any atom is 0.436 e. The van der Waals surface area contributed by atoms with Gasteiger partial charge in [-0.3, -0.25) is 19.6 Å². The first-order valence-corrected chi connectivity index (χ1v) is 12.2. The summed E-state index contributed by atoms with van der Waals surface area (Å²) in [7, 11) is 0. The molecule has 1 amide bonds. The Kier molecular flexibility index (Phi) is 6.96. The predicted molar refractivity (Wildman–Crippen MR) is 129 cm³/mol. The number of halogens is 4. The summed E-state index contributed by atoms with van der Waals surface area (Å²) < 4.78 is 41.2. The van der Waals surface area contributed by atoms with Crippen molar-refractivity contribution in [3.8, 4) is 0 Å². The Bertz CT molecular complexity index is 1290. The molecule has 2 aromatic carbocycles. The molecule has 0 radical (unpaired) electrons. The van der Waals surface area contributed by atoms with Gasteiger partial charge in [0.15, 0.2) is 5.69 Å². The molecular formula is C23H20BrF3N4O3S. The van der Waals surface area contributed by atoms with E-state index in [1.54, 1.807) is 6.07 Å². The highest BCUT2D eigenvalue weighted by atomic mass is 79.9. The number of hydrogen-bond acceptors (Lipinski definition) is 5. The number of nitrogens with zero attached hydrogens (tertiary/aromatic N) is 3. The van der Waals surface area contributed by atoms with Gasteiger partial charge in [-0.05, 0) is 60.8 Å². The molecule has 0 aliphatic heterocycles. The minimum atomic E-state index is -4.67. The van der Waals surface area contributed by atoms with Crippen molar-refractivity contribution in [3.63, 3.8) is 0 Å². The van der Waals surface area contributed by atoms with Crippen molar-refractivity contribution in [3.05, 3.63) is 74.0 Å². The Morgan fingerprint density at radius 3 is 2.46 bits per heavy atom. The van der Waals surface area contributed by atoms with Crippen molar-refractivity contribution in [2.45, 2.75) is 54.6 Å². The van der Waals surface area contributed by atoms with Crippen LogP contribution in [0.15, 0.2) is 56.7 Å². The molecule has 1 atom stereocenters. The second-order valence-electron chi connectivity index (χ2n) is 8.32. The SMILES string of the molecule is Cc1ccc(Sc2cc(NC(=O)C(C)n3nc(C(F)(F)F)c(Br)c3C3CC3)cc([N+](=O)[O-])c2)cc1. The summed E-state index contributed by atoms with van der Waals surface area (Å²) in [5.74, 6) is -0.749. The summed E-state index contributed by atoms with van der Waals surface area (Å²) in [6.07, 6.45) is -3.26. The molecule has 0 spiro atoms. The van der Waals surface area contributed by atoms with Gasteiger partial charge in [0.1, 0.15) is 6.04 Å². The molecule has 1 fully saturated rings. The van der Waals surface area contributed by atoms with E-state index in [0.29, 0.717) is 23.4 Å². The fourth-order valence-electron chi connectivity index (χ4n) is 3.55. The number of carbonyl (C=O) groups excluding carboxylic acids is 1. The molecule has 4 rings (SSSR count). The lowest BCUT2D eigenvalue weighted by Gasteiger charge is -2.16. The van der Waals surface area contributed by atoms with E-state index in [2.05, 4.69) is 26.3 Å². The van der Waals surface area contributed by atoms with E-state index >= 15 is 0 Å². The first kappa shape index (κ1) is 25.2. The van der Waals surface area contributed by atoms with E-state index in [0.717, 1.165) is 15.1 Å². The van der Waals surface area contributed by atoms with E-state index in [1.165, 1.54) is 30.8 Å². The van der Waals surface area contributed by atoms with Gasteiger partial charge in [-0.1, -0.05) is 29.5 Å². The average molecular weight is 569 g/mol. The predicted octanol–water partition coefficient (Wildman–Crippen LogP) is 7.11. The summed E-state index contributed by atoms with van der Waals surface area (Å²) in [5.41, 5.74) is 0.270. The van der Waals surface area contributed by atoms with Gasteiger partial charge in [0, 0.05) is 33.5 Å². The van der Waals surface area contributed by atoms with E-state index in [9.17, 15) is 28.1 Å². The topological polar surface area (TPSA) is 90.1 Å². The quantitative estimate of drug-likeness (QED) is 0.242. The van der Waals surface area contributed by atoms with E-state index in [1.807, 2.05) is 31.2 Å². The number of alkyl halides is 3. The van der Waals surface area contributed by atoms with Crippen LogP contribution in [0.5, 0.6) is 0 Å². The molecule has 1 saturated carbocycles. The van der Waals surface area contributed by atoms with E-state index in [-0.39, 0.29) is 21.8 Å². The highest BCUT2D eigenvalue weighted by Crippen LogP contribution is 2.47. The third kappa shape index (κ3) is 5.69. The summed E-state index contributed by atoms with van der Waals surface area (Å²) >= 11 is 4.31. The number of aromatic nitrogens is 2. The fraction of sp³-hybridized carbons (Fsp3) is 0.304. The fourth-order valence-corrected chi connectivity index (χ4v) is 5.27. The summed E-state index contributed by atoms with van der Waals surface area (Å²) in [6.45, 7) is 3.39. The Morgan fingerprint density at radius 1 is 1.23 bits per heavy atom. The zero-order chi connectivity index (χ0) is 25.5. The molecule has 3 aromatic rings. The average Bonchev–Trinajstić information content (AvgIpc) is 3.55. The molecule has 1 heterocycles. The van der Waals surface area contributed by atoms with Gasteiger partial charge >= 0.3 is 6.18 Å². The second kappa shape index (κ2) is 9.65. The van der Waals surface area contributed by atoms with Crippen molar-refractivity contribution >= 4 is 45.0 Å². The maximum atomic E-state index is 13.4. The molecule has 1 unspecified atom stereocenters. The van der Waals surface area contributed by atoms with Crippen molar-refractivity contribution in [2.75, 3.05) is 5.32 Å². The van der Waals surface area contributed by atoms with Crippen LogP contribution < -0.4 is 5.32 Å². The van der Waals surface area contributed by atoms with Crippen LogP contribution in [0.2, 0.25) is 0 Å². The number of benzene rings is 2. The molecule has 184 valence electrons. The normalized spacial score (nSPS) is 14.6.